The quantitative estimate of drug-likeness (QED) is 0.0344. The average molecular weight is 877 g/mol. The van der Waals surface area contributed by atoms with Gasteiger partial charge in [-0.05, 0) is 25.2 Å². The summed E-state index contributed by atoms with van der Waals surface area (Å²) in [7, 11) is 0. The van der Waals surface area contributed by atoms with Crippen molar-refractivity contribution in [3.05, 3.63) is 0 Å². The van der Waals surface area contributed by atoms with Crippen LogP contribution in [0.15, 0.2) is 0 Å². The topological polar surface area (TPSA) is 78.9 Å². The maximum Gasteiger partial charge on any atom is 0.306 e. The van der Waals surface area contributed by atoms with E-state index in [1.807, 2.05) is 0 Å². The summed E-state index contributed by atoms with van der Waals surface area (Å²) in [5, 5.41) is 0. The largest absolute Gasteiger partial charge is 0.462 e. The highest BCUT2D eigenvalue weighted by Gasteiger charge is 2.19. The number of hydrogen-bond acceptors (Lipinski definition) is 6. The van der Waals surface area contributed by atoms with E-state index in [9.17, 15) is 14.4 Å². The smallest absolute Gasteiger partial charge is 0.306 e. The minimum absolute atomic E-state index is 0.0622. The highest BCUT2D eigenvalue weighted by molar-refractivity contribution is 5.71. The first-order valence-corrected chi connectivity index (χ1v) is 27.9. The lowest BCUT2D eigenvalue weighted by Gasteiger charge is -2.18. The molecule has 0 aliphatic heterocycles. The molecule has 0 spiro atoms. The molecule has 6 nitrogen and oxygen atoms in total. The number of carbonyl (C=O) groups is 3. The molecule has 0 aliphatic rings. The molecule has 0 amide bonds. The predicted molar refractivity (Wildman–Crippen MR) is 266 cm³/mol. The van der Waals surface area contributed by atoms with Gasteiger partial charge in [-0.3, -0.25) is 14.4 Å². The fourth-order valence-corrected chi connectivity index (χ4v) is 8.57. The summed E-state index contributed by atoms with van der Waals surface area (Å²) >= 11 is 0. The number of carbonyl (C=O) groups excluding carboxylic acids is 3. The first-order chi connectivity index (χ1) is 30.4. The third-order valence-electron chi connectivity index (χ3n) is 12.8. The Balaban J connectivity index is 4.27. The molecule has 0 bridgehead atoms. The number of ether oxygens (including phenoxy) is 3. The lowest BCUT2D eigenvalue weighted by atomic mass is 10.0. The van der Waals surface area contributed by atoms with Crippen molar-refractivity contribution in [3.63, 3.8) is 0 Å². The molecule has 62 heavy (non-hydrogen) atoms. The molecule has 1 atom stereocenters. The summed E-state index contributed by atoms with van der Waals surface area (Å²) in [5.74, 6) is 0.000817. The van der Waals surface area contributed by atoms with Gasteiger partial charge in [0.2, 0.25) is 0 Å². The molecule has 0 heterocycles. The van der Waals surface area contributed by atoms with E-state index in [0.717, 1.165) is 63.7 Å². The second kappa shape index (κ2) is 50.4. The molecule has 0 rings (SSSR count). The third kappa shape index (κ3) is 49.4. The van der Waals surface area contributed by atoms with Gasteiger partial charge in [0, 0.05) is 19.3 Å². The van der Waals surface area contributed by atoms with Crippen molar-refractivity contribution in [2.24, 2.45) is 5.92 Å². The highest BCUT2D eigenvalue weighted by atomic mass is 16.6. The third-order valence-corrected chi connectivity index (χ3v) is 12.8. The maximum absolute atomic E-state index is 12.8. The van der Waals surface area contributed by atoms with E-state index in [-0.39, 0.29) is 31.1 Å². The van der Waals surface area contributed by atoms with Crippen LogP contribution in [0.4, 0.5) is 0 Å². The molecule has 0 fully saturated rings. The SMILES string of the molecule is CCCCCCCCCCCCCCCCCCCC(=O)O[C@@H](COC(=O)CCCCCCCCCCCCC)COC(=O)CCCCCCCCCCCCCCCC(C)C. The summed E-state index contributed by atoms with van der Waals surface area (Å²) in [4.78, 5) is 38.0. The van der Waals surface area contributed by atoms with Gasteiger partial charge in [-0.1, -0.05) is 278 Å². The molecule has 0 saturated carbocycles. The Labute approximate surface area is 387 Å². The van der Waals surface area contributed by atoms with E-state index < -0.39 is 6.10 Å². The zero-order chi connectivity index (χ0) is 45.2. The van der Waals surface area contributed by atoms with Gasteiger partial charge < -0.3 is 14.2 Å². The molecule has 0 N–H and O–H groups in total. The molecule has 0 aromatic rings. The van der Waals surface area contributed by atoms with Crippen LogP contribution in [-0.2, 0) is 28.6 Å². The highest BCUT2D eigenvalue weighted by Crippen LogP contribution is 2.18. The molecule has 368 valence electrons. The van der Waals surface area contributed by atoms with Crippen molar-refractivity contribution >= 4 is 17.9 Å². The molecule has 0 saturated heterocycles. The Morgan fingerprint density at radius 1 is 0.306 bits per heavy atom. The summed E-state index contributed by atoms with van der Waals surface area (Å²) in [6, 6.07) is 0. The second-order valence-electron chi connectivity index (χ2n) is 19.7. The van der Waals surface area contributed by atoms with Crippen molar-refractivity contribution in [1.29, 1.82) is 0 Å². The molecule has 0 aromatic heterocycles. The second-order valence-corrected chi connectivity index (χ2v) is 19.7. The molecular weight excluding hydrogens is 769 g/mol. The molecule has 0 radical (unpaired) electrons. The van der Waals surface area contributed by atoms with E-state index in [1.54, 1.807) is 0 Å². The van der Waals surface area contributed by atoms with Gasteiger partial charge in [-0.2, -0.15) is 0 Å². The van der Waals surface area contributed by atoms with Crippen molar-refractivity contribution in [1.82, 2.24) is 0 Å². The molecular formula is C56H108O6. The van der Waals surface area contributed by atoms with Gasteiger partial charge in [0.15, 0.2) is 6.10 Å². The molecule has 0 aromatic carbocycles. The van der Waals surface area contributed by atoms with Crippen molar-refractivity contribution in [2.45, 2.75) is 323 Å². The van der Waals surface area contributed by atoms with E-state index in [4.69, 9.17) is 14.2 Å². The Morgan fingerprint density at radius 3 is 0.790 bits per heavy atom. The normalized spacial score (nSPS) is 12.0. The van der Waals surface area contributed by atoms with E-state index in [1.165, 1.54) is 212 Å². The number of rotatable bonds is 51. The Kier molecular flexibility index (Phi) is 49.1. The minimum Gasteiger partial charge on any atom is -0.462 e. The van der Waals surface area contributed by atoms with Crippen molar-refractivity contribution < 1.29 is 28.6 Å². The number of hydrogen-bond donors (Lipinski definition) is 0. The zero-order valence-electron chi connectivity index (χ0n) is 42.3. The minimum atomic E-state index is -0.761. The average Bonchev–Trinajstić information content (AvgIpc) is 3.26. The summed E-state index contributed by atoms with van der Waals surface area (Å²) in [5.41, 5.74) is 0. The van der Waals surface area contributed by atoms with Gasteiger partial charge in [0.25, 0.3) is 0 Å². The van der Waals surface area contributed by atoms with Crippen LogP contribution in [0.1, 0.15) is 317 Å². The number of unbranched alkanes of at least 4 members (excludes halogenated alkanes) is 38. The van der Waals surface area contributed by atoms with Gasteiger partial charge in [-0.25, -0.2) is 0 Å². The van der Waals surface area contributed by atoms with E-state index in [0.29, 0.717) is 19.3 Å². The van der Waals surface area contributed by atoms with Crippen LogP contribution < -0.4 is 0 Å². The van der Waals surface area contributed by atoms with Crippen LogP contribution in [-0.4, -0.2) is 37.2 Å². The van der Waals surface area contributed by atoms with Crippen LogP contribution in [0.25, 0.3) is 0 Å². The Morgan fingerprint density at radius 2 is 0.532 bits per heavy atom. The standard InChI is InChI=1S/C56H108O6/c1-5-7-9-11-13-15-17-18-19-20-21-24-29-33-37-41-45-49-56(59)62-53(50-60-54(57)47-43-39-35-31-26-16-14-12-10-8-6-2)51-61-55(58)48-44-40-36-32-28-25-22-23-27-30-34-38-42-46-52(3)4/h52-53H,5-51H2,1-4H3/t53-/m0/s1. The monoisotopic (exact) mass is 877 g/mol. The van der Waals surface area contributed by atoms with E-state index in [2.05, 4.69) is 27.7 Å². The Bertz CT molecular complexity index is 933. The Hall–Kier alpha value is -1.59. The van der Waals surface area contributed by atoms with Gasteiger partial charge in [0.1, 0.15) is 13.2 Å². The van der Waals surface area contributed by atoms with Gasteiger partial charge in [-0.15, -0.1) is 0 Å². The summed E-state index contributed by atoms with van der Waals surface area (Å²) < 4.78 is 16.9. The maximum atomic E-state index is 12.8. The predicted octanol–water partition coefficient (Wildman–Crippen LogP) is 18.2. The fraction of sp³-hybridized carbons (Fsp3) is 0.946. The van der Waals surface area contributed by atoms with Crippen molar-refractivity contribution in [2.75, 3.05) is 13.2 Å². The van der Waals surface area contributed by atoms with Crippen molar-refractivity contribution in [3.8, 4) is 0 Å². The molecule has 6 heteroatoms. The van der Waals surface area contributed by atoms with Crippen LogP contribution in [0.3, 0.4) is 0 Å². The lowest BCUT2D eigenvalue weighted by Crippen LogP contribution is -2.30. The fourth-order valence-electron chi connectivity index (χ4n) is 8.57. The lowest BCUT2D eigenvalue weighted by molar-refractivity contribution is -0.167. The first-order valence-electron chi connectivity index (χ1n) is 27.9. The molecule has 0 unspecified atom stereocenters. The first kappa shape index (κ1) is 60.4. The van der Waals surface area contributed by atoms with Gasteiger partial charge >= 0.3 is 17.9 Å². The summed E-state index contributed by atoms with van der Waals surface area (Å²) in [6.45, 7) is 9.05. The van der Waals surface area contributed by atoms with Crippen LogP contribution >= 0.6 is 0 Å². The van der Waals surface area contributed by atoms with E-state index >= 15 is 0 Å². The number of esters is 3. The summed E-state index contributed by atoms with van der Waals surface area (Å²) in [6.07, 6.45) is 53.7. The molecule has 0 aliphatic carbocycles. The van der Waals surface area contributed by atoms with Gasteiger partial charge in [0.05, 0.1) is 0 Å². The van der Waals surface area contributed by atoms with Crippen LogP contribution in [0.2, 0.25) is 0 Å². The van der Waals surface area contributed by atoms with Crippen LogP contribution in [0, 0.1) is 5.92 Å². The zero-order valence-corrected chi connectivity index (χ0v) is 42.3. The van der Waals surface area contributed by atoms with Crippen LogP contribution in [0.5, 0.6) is 0 Å².